The maximum Gasteiger partial charge on any atom is 0.317 e. The molecule has 0 radical (unpaired) electrons. The first-order chi connectivity index (χ1) is 12.2. The lowest BCUT2D eigenvalue weighted by atomic mass is 9.97. The molecule has 7 nitrogen and oxygen atoms in total. The van der Waals surface area contributed by atoms with Crippen LogP contribution in [0.5, 0.6) is 0 Å². The number of ether oxygens (including phenoxy) is 1. The third-order valence-electron chi connectivity index (χ3n) is 5.53. The van der Waals surface area contributed by atoms with E-state index < -0.39 is 0 Å². The molecule has 2 fully saturated rings. The Morgan fingerprint density at radius 2 is 2.12 bits per heavy atom. The smallest absolute Gasteiger partial charge is 0.317 e. The molecule has 25 heavy (non-hydrogen) atoms. The van der Waals surface area contributed by atoms with E-state index >= 15 is 0 Å². The summed E-state index contributed by atoms with van der Waals surface area (Å²) in [5.74, 6) is 1.02. The number of aryl methyl sites for hydroxylation is 1. The summed E-state index contributed by atoms with van der Waals surface area (Å²) in [7, 11) is 3.68. The predicted molar refractivity (Wildman–Crippen MR) is 96.6 cm³/mol. The van der Waals surface area contributed by atoms with E-state index in [0.29, 0.717) is 11.8 Å². The van der Waals surface area contributed by atoms with E-state index in [0.717, 1.165) is 65.1 Å². The van der Waals surface area contributed by atoms with Crippen molar-refractivity contribution in [2.24, 2.45) is 13.0 Å². The number of amides is 2. The van der Waals surface area contributed by atoms with Crippen LogP contribution in [0.15, 0.2) is 12.4 Å². The van der Waals surface area contributed by atoms with Gasteiger partial charge in [0.15, 0.2) is 0 Å². The first kappa shape index (κ1) is 18.2. The highest BCUT2D eigenvalue weighted by Crippen LogP contribution is 2.26. The quantitative estimate of drug-likeness (QED) is 0.840. The van der Waals surface area contributed by atoms with Crippen molar-refractivity contribution >= 4 is 6.03 Å². The van der Waals surface area contributed by atoms with Gasteiger partial charge in [-0.25, -0.2) is 4.79 Å². The highest BCUT2D eigenvalue weighted by atomic mass is 16.5. The summed E-state index contributed by atoms with van der Waals surface area (Å²) in [4.78, 5) is 16.8. The summed E-state index contributed by atoms with van der Waals surface area (Å²) in [5, 5.41) is 7.39. The van der Waals surface area contributed by atoms with Gasteiger partial charge in [-0.3, -0.25) is 4.68 Å². The number of piperidine rings is 1. The van der Waals surface area contributed by atoms with Crippen molar-refractivity contribution in [1.29, 1.82) is 0 Å². The second-order valence-electron chi connectivity index (χ2n) is 7.34. The zero-order valence-electron chi connectivity index (χ0n) is 15.5. The Labute approximate surface area is 150 Å². The topological polar surface area (TPSA) is 62.6 Å². The second-order valence-corrected chi connectivity index (χ2v) is 7.34. The Bertz CT molecular complexity index is 553. The molecule has 1 atom stereocenters. The fraction of sp³-hybridized carbons (Fsp3) is 0.778. The van der Waals surface area contributed by atoms with Gasteiger partial charge in [-0.15, -0.1) is 0 Å². The molecule has 1 aromatic heterocycles. The molecule has 7 heteroatoms. The van der Waals surface area contributed by atoms with Gasteiger partial charge in [0.1, 0.15) is 0 Å². The summed E-state index contributed by atoms with van der Waals surface area (Å²) in [6.45, 7) is 6.46. The summed E-state index contributed by atoms with van der Waals surface area (Å²) in [6.07, 6.45) is 7.31. The van der Waals surface area contributed by atoms with Crippen LogP contribution in [0.1, 0.15) is 30.7 Å². The number of likely N-dealkylation sites (tertiary alicyclic amines) is 2. The number of carbonyl (C=O) groups excluding carboxylic acids is 1. The lowest BCUT2D eigenvalue weighted by molar-refractivity contribution is 0.119. The van der Waals surface area contributed by atoms with E-state index in [4.69, 9.17) is 4.74 Å². The Kier molecular flexibility index (Phi) is 6.31. The van der Waals surface area contributed by atoms with Crippen LogP contribution >= 0.6 is 0 Å². The molecule has 2 amide bonds. The molecule has 3 heterocycles. The fourth-order valence-electron chi connectivity index (χ4n) is 3.85. The lowest BCUT2D eigenvalue weighted by Crippen LogP contribution is -2.43. The molecule has 140 valence electrons. The molecule has 0 aliphatic carbocycles. The molecule has 1 aromatic rings. The average Bonchev–Trinajstić information content (AvgIpc) is 3.27. The summed E-state index contributed by atoms with van der Waals surface area (Å²) in [5.41, 5.74) is 1.24. The normalized spacial score (nSPS) is 22.5. The van der Waals surface area contributed by atoms with E-state index in [1.165, 1.54) is 5.56 Å². The molecular formula is C18H31N5O2. The molecule has 1 unspecified atom stereocenters. The molecular weight excluding hydrogens is 318 g/mol. The molecule has 2 saturated heterocycles. The lowest BCUT2D eigenvalue weighted by Gasteiger charge is -2.32. The van der Waals surface area contributed by atoms with E-state index in [2.05, 4.69) is 21.5 Å². The van der Waals surface area contributed by atoms with Crippen molar-refractivity contribution in [2.45, 2.75) is 25.2 Å². The van der Waals surface area contributed by atoms with Crippen LogP contribution in [0.3, 0.4) is 0 Å². The molecule has 3 rings (SSSR count). The van der Waals surface area contributed by atoms with Gasteiger partial charge in [0.2, 0.25) is 0 Å². The maximum absolute atomic E-state index is 12.4. The van der Waals surface area contributed by atoms with Gasteiger partial charge < -0.3 is 19.9 Å². The van der Waals surface area contributed by atoms with Crippen molar-refractivity contribution < 1.29 is 9.53 Å². The monoisotopic (exact) mass is 349 g/mol. The number of carbonyl (C=O) groups is 1. The van der Waals surface area contributed by atoms with Crippen molar-refractivity contribution in [2.75, 3.05) is 53.0 Å². The van der Waals surface area contributed by atoms with E-state index in [1.54, 1.807) is 7.11 Å². The number of urea groups is 1. The molecule has 0 aromatic carbocycles. The number of hydrogen-bond acceptors (Lipinski definition) is 4. The Hall–Kier alpha value is -1.60. The minimum Gasteiger partial charge on any atom is -0.383 e. The van der Waals surface area contributed by atoms with Gasteiger partial charge >= 0.3 is 6.03 Å². The SMILES string of the molecule is COCCN1CCC(CNC(=O)N2CCC(c3cnn(C)c3)C2)CC1. The van der Waals surface area contributed by atoms with Crippen LogP contribution in [-0.2, 0) is 11.8 Å². The Morgan fingerprint density at radius 3 is 2.80 bits per heavy atom. The number of nitrogens with zero attached hydrogens (tertiary/aromatic N) is 4. The van der Waals surface area contributed by atoms with E-state index in [9.17, 15) is 4.79 Å². The number of hydrogen-bond donors (Lipinski definition) is 1. The number of nitrogens with one attached hydrogen (secondary N) is 1. The van der Waals surface area contributed by atoms with Gasteiger partial charge in [0.05, 0.1) is 12.8 Å². The molecule has 2 aliphatic rings. The zero-order chi connectivity index (χ0) is 17.6. The van der Waals surface area contributed by atoms with Gasteiger partial charge in [0, 0.05) is 52.5 Å². The summed E-state index contributed by atoms with van der Waals surface area (Å²) in [6, 6.07) is 0.0909. The van der Waals surface area contributed by atoms with Crippen molar-refractivity contribution in [1.82, 2.24) is 24.9 Å². The number of methoxy groups -OCH3 is 1. The van der Waals surface area contributed by atoms with Gasteiger partial charge in [-0.2, -0.15) is 5.10 Å². The molecule has 0 saturated carbocycles. The molecule has 0 spiro atoms. The van der Waals surface area contributed by atoms with Crippen LogP contribution in [0.2, 0.25) is 0 Å². The van der Waals surface area contributed by atoms with Crippen molar-refractivity contribution in [3.05, 3.63) is 18.0 Å². The van der Waals surface area contributed by atoms with Gasteiger partial charge in [-0.1, -0.05) is 0 Å². The third-order valence-corrected chi connectivity index (χ3v) is 5.53. The first-order valence-electron chi connectivity index (χ1n) is 9.38. The van der Waals surface area contributed by atoms with Crippen molar-refractivity contribution in [3.63, 3.8) is 0 Å². The van der Waals surface area contributed by atoms with E-state index in [1.807, 2.05) is 22.8 Å². The molecule has 1 N–H and O–H groups in total. The first-order valence-corrected chi connectivity index (χ1v) is 9.38. The highest BCUT2D eigenvalue weighted by Gasteiger charge is 2.28. The standard InChI is InChI=1S/C18H31N5O2/c1-21-13-17(12-20-21)16-5-8-23(14-16)18(24)19-11-15-3-6-22(7-4-15)9-10-25-2/h12-13,15-16H,3-11,14H2,1-2H3,(H,19,24). The van der Waals surface area contributed by atoms with E-state index in [-0.39, 0.29) is 6.03 Å². The van der Waals surface area contributed by atoms with Gasteiger partial charge in [0.25, 0.3) is 0 Å². The minimum atomic E-state index is 0.0909. The van der Waals surface area contributed by atoms with Crippen LogP contribution in [0.25, 0.3) is 0 Å². The van der Waals surface area contributed by atoms with Gasteiger partial charge in [-0.05, 0) is 43.8 Å². The maximum atomic E-state index is 12.4. The zero-order valence-corrected chi connectivity index (χ0v) is 15.5. The van der Waals surface area contributed by atoms with Crippen LogP contribution in [0, 0.1) is 5.92 Å². The minimum absolute atomic E-state index is 0.0909. The largest absolute Gasteiger partial charge is 0.383 e. The van der Waals surface area contributed by atoms with Crippen LogP contribution in [-0.4, -0.2) is 78.6 Å². The van der Waals surface area contributed by atoms with Crippen LogP contribution < -0.4 is 5.32 Å². The summed E-state index contributed by atoms with van der Waals surface area (Å²) >= 11 is 0. The average molecular weight is 349 g/mol. The Morgan fingerprint density at radius 1 is 1.32 bits per heavy atom. The number of rotatable bonds is 6. The second kappa shape index (κ2) is 8.67. The van der Waals surface area contributed by atoms with Crippen molar-refractivity contribution in [3.8, 4) is 0 Å². The fourth-order valence-corrected chi connectivity index (χ4v) is 3.85. The predicted octanol–water partition coefficient (Wildman–Crippen LogP) is 1.28. The molecule has 0 bridgehead atoms. The number of aromatic nitrogens is 2. The third kappa shape index (κ3) is 4.95. The summed E-state index contributed by atoms with van der Waals surface area (Å²) < 4.78 is 6.97. The molecule has 2 aliphatic heterocycles. The van der Waals surface area contributed by atoms with Crippen LogP contribution in [0.4, 0.5) is 4.79 Å². The Balaban J connectivity index is 1.36. The highest BCUT2D eigenvalue weighted by molar-refractivity contribution is 5.74.